The van der Waals surface area contributed by atoms with E-state index in [0.29, 0.717) is 18.4 Å². The molecule has 3 aromatic rings. The summed E-state index contributed by atoms with van der Waals surface area (Å²) in [6.45, 7) is 16.9. The highest BCUT2D eigenvalue weighted by Crippen LogP contribution is 2.38. The zero-order valence-electron chi connectivity index (χ0n) is 21.7. The predicted molar refractivity (Wildman–Crippen MR) is 141 cm³/mol. The van der Waals surface area contributed by atoms with Crippen LogP contribution in [-0.2, 0) is 4.79 Å². The summed E-state index contributed by atoms with van der Waals surface area (Å²) in [6.07, 6.45) is 2.21. The maximum atomic E-state index is 12.5. The number of hydrogen-bond donors (Lipinski definition) is 1. The fourth-order valence-corrected chi connectivity index (χ4v) is 5.58. The van der Waals surface area contributed by atoms with Gasteiger partial charge in [0.25, 0.3) is 0 Å². The van der Waals surface area contributed by atoms with E-state index in [0.717, 1.165) is 50.4 Å². The van der Waals surface area contributed by atoms with Crippen molar-refractivity contribution in [3.63, 3.8) is 0 Å². The lowest BCUT2D eigenvalue weighted by Gasteiger charge is -2.33. The van der Waals surface area contributed by atoms with Gasteiger partial charge < -0.3 is 9.88 Å². The first kappa shape index (κ1) is 24.5. The molecule has 34 heavy (non-hydrogen) atoms. The third kappa shape index (κ3) is 5.05. The topological polar surface area (TPSA) is 52.2 Å². The quantitative estimate of drug-likeness (QED) is 0.469. The van der Waals surface area contributed by atoms with Gasteiger partial charge in [-0.2, -0.15) is 0 Å². The number of carbonyl (C=O) groups is 1. The Bertz CT molecular complexity index is 1130. The number of likely N-dealkylation sites (tertiary alicyclic amines) is 1. The maximum absolute atomic E-state index is 12.5. The Morgan fingerprint density at radius 2 is 1.74 bits per heavy atom. The van der Waals surface area contributed by atoms with E-state index in [1.165, 1.54) is 33.3 Å². The van der Waals surface area contributed by atoms with Crippen LogP contribution >= 0.6 is 0 Å². The van der Waals surface area contributed by atoms with Crippen LogP contribution in [0.4, 0.5) is 0 Å². The summed E-state index contributed by atoms with van der Waals surface area (Å²) in [5.41, 5.74) is 8.57. The SMILES string of the molecule is CCN(CC)C(=O)CN1CCC(c2ccc3[nH]c(-c4cc(C)nc(C)c4)c(C(C)C)c3c2)CC1. The van der Waals surface area contributed by atoms with E-state index in [1.54, 1.807) is 0 Å². The molecular formula is C29H40N4O. The molecule has 1 aliphatic heterocycles. The summed E-state index contributed by atoms with van der Waals surface area (Å²) >= 11 is 0. The van der Waals surface area contributed by atoms with Crippen LogP contribution in [0.3, 0.4) is 0 Å². The highest BCUT2D eigenvalue weighted by molar-refractivity contribution is 5.92. The number of piperidine rings is 1. The van der Waals surface area contributed by atoms with Gasteiger partial charge >= 0.3 is 0 Å². The molecular weight excluding hydrogens is 420 g/mol. The molecule has 2 aromatic heterocycles. The minimum Gasteiger partial charge on any atom is -0.354 e. The van der Waals surface area contributed by atoms with Gasteiger partial charge in [-0.15, -0.1) is 0 Å². The molecule has 4 rings (SSSR count). The van der Waals surface area contributed by atoms with E-state index in [-0.39, 0.29) is 5.91 Å². The van der Waals surface area contributed by atoms with Crippen LogP contribution in [0.1, 0.15) is 74.9 Å². The number of aromatic nitrogens is 2. The lowest BCUT2D eigenvalue weighted by atomic mass is 9.87. The van der Waals surface area contributed by atoms with Gasteiger partial charge in [0, 0.05) is 40.9 Å². The Morgan fingerprint density at radius 1 is 1.09 bits per heavy atom. The average Bonchev–Trinajstić information content (AvgIpc) is 3.19. The number of likely N-dealkylation sites (N-methyl/N-ethyl adjacent to an activating group) is 1. The van der Waals surface area contributed by atoms with Crippen LogP contribution in [0.15, 0.2) is 30.3 Å². The van der Waals surface area contributed by atoms with Crippen molar-refractivity contribution in [3.05, 3.63) is 52.8 Å². The maximum Gasteiger partial charge on any atom is 0.236 e. The number of nitrogens with zero attached hydrogens (tertiary/aromatic N) is 3. The van der Waals surface area contributed by atoms with Gasteiger partial charge in [0.15, 0.2) is 0 Å². The number of pyridine rings is 1. The first-order valence-corrected chi connectivity index (χ1v) is 12.9. The van der Waals surface area contributed by atoms with Crippen molar-refractivity contribution in [2.24, 2.45) is 0 Å². The van der Waals surface area contributed by atoms with Gasteiger partial charge in [0.1, 0.15) is 0 Å². The van der Waals surface area contributed by atoms with Crippen molar-refractivity contribution < 1.29 is 4.79 Å². The standard InChI is InChI=1S/C29H40N4O/c1-7-33(8-2)27(34)18-32-13-11-22(12-14-32)23-9-10-26-25(17-23)28(19(3)4)29(31-26)24-15-20(5)30-21(6)16-24/h9-10,15-17,19,22,31H,7-8,11-14,18H2,1-6H3. The van der Waals surface area contributed by atoms with Crippen LogP contribution in [0, 0.1) is 13.8 Å². The highest BCUT2D eigenvalue weighted by Gasteiger charge is 2.24. The van der Waals surface area contributed by atoms with E-state index < -0.39 is 0 Å². The smallest absolute Gasteiger partial charge is 0.236 e. The fraction of sp³-hybridized carbons (Fsp3) is 0.517. The van der Waals surface area contributed by atoms with Gasteiger partial charge in [-0.3, -0.25) is 14.7 Å². The number of nitrogens with one attached hydrogen (secondary N) is 1. The van der Waals surface area contributed by atoms with E-state index in [9.17, 15) is 4.79 Å². The third-order valence-electron chi connectivity index (χ3n) is 7.34. The number of rotatable bonds is 7. The van der Waals surface area contributed by atoms with Crippen molar-refractivity contribution in [3.8, 4) is 11.3 Å². The molecule has 1 amide bonds. The minimum atomic E-state index is 0.257. The molecule has 1 saturated heterocycles. The van der Waals surface area contributed by atoms with Gasteiger partial charge in [0.2, 0.25) is 5.91 Å². The molecule has 3 heterocycles. The number of benzene rings is 1. The number of hydrogen-bond acceptors (Lipinski definition) is 3. The molecule has 5 heteroatoms. The van der Waals surface area contributed by atoms with Gasteiger partial charge in [-0.05, 0) is 101 Å². The molecule has 0 radical (unpaired) electrons. The average molecular weight is 461 g/mol. The predicted octanol–water partition coefficient (Wildman–Crippen LogP) is 6.02. The molecule has 0 bridgehead atoms. The van der Waals surface area contributed by atoms with Crippen molar-refractivity contribution >= 4 is 16.8 Å². The molecule has 0 aliphatic carbocycles. The van der Waals surface area contributed by atoms with Crippen LogP contribution in [0.25, 0.3) is 22.2 Å². The molecule has 1 aliphatic rings. The van der Waals surface area contributed by atoms with Crippen molar-refractivity contribution in [2.75, 3.05) is 32.7 Å². The van der Waals surface area contributed by atoms with Crippen molar-refractivity contribution in [1.82, 2.24) is 19.8 Å². The lowest BCUT2D eigenvalue weighted by Crippen LogP contribution is -2.43. The molecule has 1 aromatic carbocycles. The highest BCUT2D eigenvalue weighted by atomic mass is 16.2. The first-order chi connectivity index (χ1) is 16.3. The van der Waals surface area contributed by atoms with Crippen LogP contribution in [0.5, 0.6) is 0 Å². The Labute approximate surface area is 204 Å². The van der Waals surface area contributed by atoms with Gasteiger partial charge in [-0.1, -0.05) is 19.9 Å². The zero-order chi connectivity index (χ0) is 24.4. The molecule has 0 saturated carbocycles. The number of amides is 1. The normalized spacial score (nSPS) is 15.4. The summed E-state index contributed by atoms with van der Waals surface area (Å²) in [6, 6.07) is 11.3. The van der Waals surface area contributed by atoms with Crippen molar-refractivity contribution in [1.29, 1.82) is 0 Å². The Morgan fingerprint density at radius 3 is 2.32 bits per heavy atom. The zero-order valence-corrected chi connectivity index (χ0v) is 21.7. The molecule has 1 fully saturated rings. The van der Waals surface area contributed by atoms with E-state index in [4.69, 9.17) is 0 Å². The summed E-state index contributed by atoms with van der Waals surface area (Å²) in [7, 11) is 0. The van der Waals surface area contributed by atoms with E-state index >= 15 is 0 Å². The fourth-order valence-electron chi connectivity index (χ4n) is 5.58. The van der Waals surface area contributed by atoms with Gasteiger partial charge in [0.05, 0.1) is 12.2 Å². The number of carbonyl (C=O) groups excluding carboxylic acids is 1. The Balaban J connectivity index is 1.56. The largest absolute Gasteiger partial charge is 0.354 e. The van der Waals surface area contributed by atoms with Crippen LogP contribution in [-0.4, -0.2) is 58.4 Å². The summed E-state index contributed by atoms with van der Waals surface area (Å²) in [5, 5.41) is 1.34. The molecule has 182 valence electrons. The second-order valence-corrected chi connectivity index (χ2v) is 10.1. The number of H-pyrrole nitrogens is 1. The Kier molecular flexibility index (Phi) is 7.42. The summed E-state index contributed by atoms with van der Waals surface area (Å²) in [4.78, 5) is 25.1. The third-order valence-corrected chi connectivity index (χ3v) is 7.34. The second-order valence-electron chi connectivity index (χ2n) is 10.1. The molecule has 0 spiro atoms. The number of aryl methyl sites for hydroxylation is 2. The molecule has 0 unspecified atom stereocenters. The first-order valence-electron chi connectivity index (χ1n) is 12.9. The summed E-state index contributed by atoms with van der Waals surface area (Å²) in [5.74, 6) is 1.22. The van der Waals surface area contributed by atoms with Crippen molar-refractivity contribution in [2.45, 2.75) is 66.2 Å². The monoisotopic (exact) mass is 460 g/mol. The number of aromatic amines is 1. The molecule has 1 N–H and O–H groups in total. The summed E-state index contributed by atoms with van der Waals surface area (Å²) < 4.78 is 0. The van der Waals surface area contributed by atoms with Crippen LogP contribution in [0.2, 0.25) is 0 Å². The lowest BCUT2D eigenvalue weighted by molar-refractivity contribution is -0.132. The van der Waals surface area contributed by atoms with Crippen LogP contribution < -0.4 is 0 Å². The second kappa shape index (κ2) is 10.3. The number of fused-ring (bicyclic) bond motifs is 1. The Hall–Kier alpha value is -2.66. The molecule has 5 nitrogen and oxygen atoms in total. The van der Waals surface area contributed by atoms with Gasteiger partial charge in [-0.25, -0.2) is 0 Å². The van der Waals surface area contributed by atoms with E-state index in [2.05, 4.69) is 86.7 Å². The molecule has 0 atom stereocenters. The van der Waals surface area contributed by atoms with E-state index in [1.807, 2.05) is 4.90 Å². The minimum absolute atomic E-state index is 0.257.